The first-order valence-corrected chi connectivity index (χ1v) is 9.93. The molecule has 0 spiro atoms. The average Bonchev–Trinajstić information content (AvgIpc) is 2.78. The maximum absolute atomic E-state index is 13.9. The molecule has 0 saturated carbocycles. The number of nitrogens with zero attached hydrogens (tertiary/aromatic N) is 1. The summed E-state index contributed by atoms with van der Waals surface area (Å²) in [6.45, 7) is 1.62. The van der Waals surface area contributed by atoms with E-state index in [0.717, 1.165) is 27.8 Å². The topological polar surface area (TPSA) is 42.7 Å². The van der Waals surface area contributed by atoms with Gasteiger partial charge in [-0.15, -0.1) is 0 Å². The minimum atomic E-state index is -0.391. The Morgan fingerprint density at radius 3 is 2.60 bits per heavy atom. The molecule has 5 rings (SSSR count). The molecule has 0 radical (unpaired) electrons. The van der Waals surface area contributed by atoms with Crippen LogP contribution in [0.3, 0.4) is 0 Å². The number of ether oxygens (including phenoxy) is 1. The molecule has 0 atom stereocenters. The Morgan fingerprint density at radius 2 is 1.77 bits per heavy atom. The summed E-state index contributed by atoms with van der Waals surface area (Å²) in [4.78, 5) is 14.4. The maximum Gasteiger partial charge on any atom is 0.336 e. The fourth-order valence-corrected chi connectivity index (χ4v) is 3.96. The first-order chi connectivity index (χ1) is 14.7. The third-order valence-electron chi connectivity index (χ3n) is 5.50. The summed E-state index contributed by atoms with van der Waals surface area (Å²) in [5.74, 6) is 0.526. The Balaban J connectivity index is 1.49. The molecule has 0 saturated heterocycles. The summed E-state index contributed by atoms with van der Waals surface area (Å²) in [5, 5.41) is 0.874. The molecule has 0 unspecified atom stereocenters. The second-order valence-electron chi connectivity index (χ2n) is 7.43. The van der Waals surface area contributed by atoms with Crippen molar-refractivity contribution in [2.24, 2.45) is 0 Å². The number of hydrogen-bond donors (Lipinski definition) is 0. The fraction of sp³-hybridized carbons (Fsp3) is 0.160. The van der Waals surface area contributed by atoms with Crippen molar-refractivity contribution in [1.82, 2.24) is 4.90 Å². The van der Waals surface area contributed by atoms with E-state index in [4.69, 9.17) is 9.15 Å². The second kappa shape index (κ2) is 7.76. The molecule has 3 aromatic carbocycles. The maximum atomic E-state index is 13.9. The van der Waals surface area contributed by atoms with Crippen LogP contribution in [0.1, 0.15) is 11.1 Å². The predicted molar refractivity (Wildman–Crippen MR) is 114 cm³/mol. The second-order valence-corrected chi connectivity index (χ2v) is 7.43. The average molecular weight is 401 g/mol. The molecule has 1 aliphatic rings. The van der Waals surface area contributed by atoms with Crippen molar-refractivity contribution in [2.45, 2.75) is 13.0 Å². The van der Waals surface area contributed by atoms with E-state index in [-0.39, 0.29) is 5.82 Å². The first kappa shape index (κ1) is 18.6. The van der Waals surface area contributed by atoms with E-state index in [9.17, 15) is 9.18 Å². The van der Waals surface area contributed by atoms with E-state index in [1.807, 2.05) is 48.5 Å². The van der Waals surface area contributed by atoms with Crippen LogP contribution in [-0.2, 0) is 13.0 Å². The van der Waals surface area contributed by atoms with Crippen molar-refractivity contribution < 1.29 is 13.5 Å². The van der Waals surface area contributed by atoms with E-state index < -0.39 is 5.63 Å². The quantitative estimate of drug-likeness (QED) is 0.452. The van der Waals surface area contributed by atoms with E-state index >= 15 is 0 Å². The Morgan fingerprint density at radius 1 is 0.967 bits per heavy atom. The molecule has 0 fully saturated rings. The zero-order valence-electron chi connectivity index (χ0n) is 16.3. The Kier molecular flexibility index (Phi) is 4.81. The predicted octanol–water partition coefficient (Wildman–Crippen LogP) is 4.99. The van der Waals surface area contributed by atoms with Crippen molar-refractivity contribution in [3.8, 4) is 16.9 Å². The van der Waals surface area contributed by atoms with E-state index in [0.29, 0.717) is 37.4 Å². The van der Waals surface area contributed by atoms with Crippen molar-refractivity contribution in [2.75, 3.05) is 13.3 Å². The lowest BCUT2D eigenvalue weighted by molar-refractivity contribution is 0.0965. The van der Waals surface area contributed by atoms with Crippen LogP contribution in [0.25, 0.3) is 22.1 Å². The normalized spacial score (nSPS) is 13.8. The molecule has 4 nitrogen and oxygen atoms in total. The molecule has 2 heterocycles. The van der Waals surface area contributed by atoms with Gasteiger partial charge in [0.1, 0.15) is 23.9 Å². The lowest BCUT2D eigenvalue weighted by Gasteiger charge is -2.29. The summed E-state index contributed by atoms with van der Waals surface area (Å²) in [6.07, 6.45) is 0.579. The number of benzene rings is 3. The van der Waals surface area contributed by atoms with Crippen molar-refractivity contribution in [3.05, 3.63) is 100 Å². The molecule has 30 heavy (non-hydrogen) atoms. The largest absolute Gasteiger partial charge is 0.478 e. The van der Waals surface area contributed by atoms with Crippen molar-refractivity contribution in [1.29, 1.82) is 0 Å². The molecular formula is C25H20FNO3. The first-order valence-electron chi connectivity index (χ1n) is 9.93. The highest BCUT2D eigenvalue weighted by Crippen LogP contribution is 2.36. The Bertz CT molecular complexity index is 1270. The molecular weight excluding hydrogens is 381 g/mol. The molecule has 5 heteroatoms. The highest BCUT2D eigenvalue weighted by molar-refractivity contribution is 5.95. The molecule has 0 N–H and O–H groups in total. The van der Waals surface area contributed by atoms with Crippen LogP contribution < -0.4 is 10.4 Å². The number of halogens is 1. The van der Waals surface area contributed by atoms with Crippen molar-refractivity contribution in [3.63, 3.8) is 0 Å². The van der Waals surface area contributed by atoms with Crippen LogP contribution in [-0.4, -0.2) is 18.2 Å². The minimum Gasteiger partial charge on any atom is -0.478 e. The van der Waals surface area contributed by atoms with E-state index in [2.05, 4.69) is 4.90 Å². The van der Waals surface area contributed by atoms with Gasteiger partial charge in [-0.2, -0.15) is 0 Å². The molecule has 4 aromatic rings. The monoisotopic (exact) mass is 401 g/mol. The summed E-state index contributed by atoms with van der Waals surface area (Å²) in [7, 11) is 0. The number of rotatable bonds is 4. The van der Waals surface area contributed by atoms with E-state index in [1.165, 1.54) is 12.1 Å². The lowest BCUT2D eigenvalue weighted by Crippen LogP contribution is -2.33. The van der Waals surface area contributed by atoms with Crippen molar-refractivity contribution >= 4 is 11.0 Å². The highest BCUT2D eigenvalue weighted by atomic mass is 19.1. The molecule has 0 aliphatic carbocycles. The van der Waals surface area contributed by atoms with Gasteiger partial charge < -0.3 is 9.15 Å². The molecule has 0 amide bonds. The van der Waals surface area contributed by atoms with Crippen LogP contribution in [0.5, 0.6) is 5.75 Å². The van der Waals surface area contributed by atoms with Gasteiger partial charge in [0.05, 0.1) is 5.56 Å². The summed E-state index contributed by atoms with van der Waals surface area (Å²) in [5.41, 5.74) is 3.49. The van der Waals surface area contributed by atoms with Gasteiger partial charge in [-0.25, -0.2) is 9.18 Å². The van der Waals surface area contributed by atoms with Crippen LogP contribution in [0.4, 0.5) is 4.39 Å². The standard InChI is InChI=1S/C25H20FNO3/c26-22-9-5-4-8-18(22)12-13-27-15-21-23(29-16-27)11-10-19-20(14-24(28)30-25(19)21)17-6-2-1-3-7-17/h1-11,14H,12-13,15-16H2. The smallest absolute Gasteiger partial charge is 0.336 e. The molecule has 150 valence electrons. The van der Waals surface area contributed by atoms with Gasteiger partial charge in [0.25, 0.3) is 0 Å². The number of fused-ring (bicyclic) bond motifs is 3. The zero-order chi connectivity index (χ0) is 20.5. The summed E-state index contributed by atoms with van der Waals surface area (Å²) < 4.78 is 25.5. The fourth-order valence-electron chi connectivity index (χ4n) is 3.96. The third-order valence-corrected chi connectivity index (χ3v) is 5.50. The number of hydrogen-bond acceptors (Lipinski definition) is 4. The van der Waals surface area contributed by atoms with Gasteiger partial charge in [-0.3, -0.25) is 4.90 Å². The van der Waals surface area contributed by atoms with Crippen LogP contribution in [0.2, 0.25) is 0 Å². The van der Waals surface area contributed by atoms with Gasteiger partial charge in [-0.05, 0) is 41.3 Å². The van der Waals surface area contributed by atoms with Gasteiger partial charge >= 0.3 is 5.63 Å². The highest BCUT2D eigenvalue weighted by Gasteiger charge is 2.23. The van der Waals surface area contributed by atoms with Crippen LogP contribution in [0.15, 0.2) is 82.0 Å². The Hall–Kier alpha value is -3.44. The SMILES string of the molecule is O=c1cc(-c2ccccc2)c2ccc3c(c2o1)CN(CCc1ccccc1F)CO3. The summed E-state index contributed by atoms with van der Waals surface area (Å²) in [6, 6.07) is 22.0. The lowest BCUT2D eigenvalue weighted by atomic mass is 9.99. The zero-order valence-corrected chi connectivity index (χ0v) is 16.3. The molecule has 1 aromatic heterocycles. The minimum absolute atomic E-state index is 0.195. The van der Waals surface area contributed by atoms with Gasteiger partial charge in [-0.1, -0.05) is 48.5 Å². The van der Waals surface area contributed by atoms with E-state index in [1.54, 1.807) is 12.1 Å². The van der Waals surface area contributed by atoms with Crippen LogP contribution >= 0.6 is 0 Å². The third kappa shape index (κ3) is 3.48. The van der Waals surface area contributed by atoms with Gasteiger partial charge in [0.15, 0.2) is 0 Å². The molecule has 1 aliphatic heterocycles. The van der Waals surface area contributed by atoms with Gasteiger partial charge in [0.2, 0.25) is 0 Å². The molecule has 0 bridgehead atoms. The Labute approximate surface area is 173 Å². The van der Waals surface area contributed by atoms with Crippen LogP contribution in [0, 0.1) is 5.82 Å². The van der Waals surface area contributed by atoms with Gasteiger partial charge in [0, 0.05) is 24.5 Å². The summed E-state index contributed by atoms with van der Waals surface area (Å²) >= 11 is 0.